The number of amides is 1. The van der Waals surface area contributed by atoms with Crippen molar-refractivity contribution in [2.24, 2.45) is 5.10 Å². The van der Waals surface area contributed by atoms with E-state index >= 15 is 0 Å². The van der Waals surface area contributed by atoms with Crippen LogP contribution in [0.5, 0.6) is 0 Å². The Kier molecular flexibility index (Phi) is 4.60. The van der Waals surface area contributed by atoms with Crippen molar-refractivity contribution < 1.29 is 4.79 Å². The van der Waals surface area contributed by atoms with Crippen molar-refractivity contribution in [1.82, 2.24) is 5.43 Å². The molecule has 3 nitrogen and oxygen atoms in total. The van der Waals surface area contributed by atoms with Crippen LogP contribution in [0.3, 0.4) is 0 Å². The summed E-state index contributed by atoms with van der Waals surface area (Å²) in [7, 11) is 0. The third-order valence-corrected chi connectivity index (χ3v) is 4.22. The molecule has 1 N–H and O–H groups in total. The Labute approximate surface area is 143 Å². The van der Waals surface area contributed by atoms with Gasteiger partial charge in [-0.05, 0) is 22.9 Å². The predicted molar refractivity (Wildman–Crippen MR) is 95.5 cm³/mol. The number of fused-ring (bicyclic) bond motifs is 1. The average molecular weight is 343 g/mol. The zero-order valence-corrected chi connectivity index (χ0v) is 13.5. The molecule has 0 heterocycles. The smallest absolute Gasteiger partial charge is 0.267 e. The van der Waals surface area contributed by atoms with E-state index in [4.69, 9.17) is 23.2 Å². The molecule has 0 spiro atoms. The van der Waals surface area contributed by atoms with Gasteiger partial charge in [0.2, 0.25) is 0 Å². The zero-order chi connectivity index (χ0) is 16.2. The Balaban J connectivity index is 1.81. The lowest BCUT2D eigenvalue weighted by Gasteiger charge is -2.05. The van der Waals surface area contributed by atoms with Crippen molar-refractivity contribution in [2.45, 2.75) is 0 Å². The normalized spacial score (nSPS) is 11.0. The summed E-state index contributed by atoms with van der Waals surface area (Å²) in [4.78, 5) is 12.3. The topological polar surface area (TPSA) is 41.5 Å². The van der Waals surface area contributed by atoms with E-state index in [9.17, 15) is 4.79 Å². The van der Waals surface area contributed by atoms with Gasteiger partial charge < -0.3 is 0 Å². The van der Waals surface area contributed by atoms with Gasteiger partial charge in [0.05, 0.1) is 16.3 Å². The summed E-state index contributed by atoms with van der Waals surface area (Å²) in [5.41, 5.74) is 3.72. The van der Waals surface area contributed by atoms with E-state index in [2.05, 4.69) is 10.5 Å². The van der Waals surface area contributed by atoms with E-state index < -0.39 is 0 Å². The molecular weight excluding hydrogens is 331 g/mol. The molecular formula is C18H12Cl2N2O. The second-order valence-corrected chi connectivity index (χ2v) is 5.65. The standard InChI is InChI=1S/C18H12Cl2N2O/c19-16-10-4-7-13(17(16)20)11-21-22-18(23)15-9-3-6-12-5-1-2-8-14(12)15/h1-11H,(H,22,23)/b21-11-. The maximum Gasteiger partial charge on any atom is 0.271 e. The first kappa shape index (κ1) is 15.5. The predicted octanol–water partition coefficient (Wildman–Crippen LogP) is 4.91. The fraction of sp³-hybridized carbons (Fsp3) is 0. The number of carbonyl (C=O) groups excluding carboxylic acids is 1. The third kappa shape index (κ3) is 3.36. The number of hydrazone groups is 1. The van der Waals surface area contributed by atoms with Gasteiger partial charge in [-0.3, -0.25) is 4.79 Å². The average Bonchev–Trinajstić information content (AvgIpc) is 2.58. The van der Waals surface area contributed by atoms with Gasteiger partial charge in [-0.15, -0.1) is 0 Å². The van der Waals surface area contributed by atoms with Crippen LogP contribution in [0.15, 0.2) is 65.8 Å². The summed E-state index contributed by atoms with van der Waals surface area (Å²) in [5.74, 6) is -0.281. The van der Waals surface area contributed by atoms with Crippen LogP contribution >= 0.6 is 23.2 Å². The molecule has 0 aliphatic carbocycles. The highest BCUT2D eigenvalue weighted by molar-refractivity contribution is 6.43. The van der Waals surface area contributed by atoms with Gasteiger partial charge >= 0.3 is 0 Å². The van der Waals surface area contributed by atoms with Crippen molar-refractivity contribution in [3.63, 3.8) is 0 Å². The first-order valence-corrected chi connectivity index (χ1v) is 7.67. The molecule has 0 unspecified atom stereocenters. The first-order chi connectivity index (χ1) is 11.2. The number of nitrogens with zero attached hydrogens (tertiary/aromatic N) is 1. The molecule has 0 saturated heterocycles. The molecule has 3 rings (SSSR count). The van der Waals surface area contributed by atoms with Crippen LogP contribution in [0.4, 0.5) is 0 Å². The molecule has 23 heavy (non-hydrogen) atoms. The molecule has 0 atom stereocenters. The van der Waals surface area contributed by atoms with Gasteiger partial charge in [0, 0.05) is 11.1 Å². The van der Waals surface area contributed by atoms with E-state index in [0.717, 1.165) is 10.8 Å². The lowest BCUT2D eigenvalue weighted by atomic mass is 10.0. The fourth-order valence-corrected chi connectivity index (χ4v) is 2.62. The minimum Gasteiger partial charge on any atom is -0.267 e. The van der Waals surface area contributed by atoms with Crippen LogP contribution < -0.4 is 5.43 Å². The van der Waals surface area contributed by atoms with Crippen LogP contribution in [0.1, 0.15) is 15.9 Å². The summed E-state index contributed by atoms with van der Waals surface area (Å²) in [6, 6.07) is 18.5. The molecule has 0 aliphatic rings. The van der Waals surface area contributed by atoms with Crippen molar-refractivity contribution in [2.75, 3.05) is 0 Å². The number of benzene rings is 3. The molecule has 3 aromatic rings. The number of carbonyl (C=O) groups is 1. The lowest BCUT2D eigenvalue weighted by Crippen LogP contribution is -2.17. The van der Waals surface area contributed by atoms with Crippen LogP contribution in [0, 0.1) is 0 Å². The highest BCUT2D eigenvalue weighted by Crippen LogP contribution is 2.24. The minimum atomic E-state index is -0.281. The Hall–Kier alpha value is -2.36. The van der Waals surface area contributed by atoms with E-state index in [0.29, 0.717) is 21.2 Å². The molecule has 0 radical (unpaired) electrons. The molecule has 5 heteroatoms. The second-order valence-electron chi connectivity index (χ2n) is 4.87. The number of halogens is 2. The monoisotopic (exact) mass is 342 g/mol. The summed E-state index contributed by atoms with van der Waals surface area (Å²) < 4.78 is 0. The quantitative estimate of drug-likeness (QED) is 0.533. The summed E-state index contributed by atoms with van der Waals surface area (Å²) in [6.45, 7) is 0. The van der Waals surface area contributed by atoms with E-state index in [1.807, 2.05) is 36.4 Å². The lowest BCUT2D eigenvalue weighted by molar-refractivity contribution is 0.0957. The minimum absolute atomic E-state index is 0.281. The van der Waals surface area contributed by atoms with Crippen LogP contribution in [-0.4, -0.2) is 12.1 Å². The van der Waals surface area contributed by atoms with Crippen molar-refractivity contribution in [1.29, 1.82) is 0 Å². The molecule has 0 saturated carbocycles. The van der Waals surface area contributed by atoms with Gasteiger partial charge in [-0.25, -0.2) is 5.43 Å². The highest BCUT2D eigenvalue weighted by Gasteiger charge is 2.08. The van der Waals surface area contributed by atoms with Gasteiger partial charge in [0.15, 0.2) is 0 Å². The summed E-state index contributed by atoms with van der Waals surface area (Å²) >= 11 is 12.0. The number of rotatable bonds is 3. The summed E-state index contributed by atoms with van der Waals surface area (Å²) in [6.07, 6.45) is 1.47. The molecule has 3 aromatic carbocycles. The Morgan fingerprint density at radius 1 is 0.957 bits per heavy atom. The maximum atomic E-state index is 12.3. The van der Waals surface area contributed by atoms with Gasteiger partial charge in [-0.1, -0.05) is 71.7 Å². The van der Waals surface area contributed by atoms with Gasteiger partial charge in [-0.2, -0.15) is 5.10 Å². The SMILES string of the molecule is O=C(N/N=C\c1cccc(Cl)c1Cl)c1cccc2ccccc12. The van der Waals surface area contributed by atoms with Crippen molar-refractivity contribution in [3.8, 4) is 0 Å². The van der Waals surface area contributed by atoms with E-state index in [-0.39, 0.29) is 5.91 Å². The fourth-order valence-electron chi connectivity index (χ4n) is 2.26. The highest BCUT2D eigenvalue weighted by atomic mass is 35.5. The van der Waals surface area contributed by atoms with Crippen LogP contribution in [-0.2, 0) is 0 Å². The van der Waals surface area contributed by atoms with E-state index in [1.54, 1.807) is 24.3 Å². The van der Waals surface area contributed by atoms with Crippen molar-refractivity contribution >= 4 is 46.1 Å². The number of hydrogen-bond acceptors (Lipinski definition) is 2. The maximum absolute atomic E-state index is 12.3. The van der Waals surface area contributed by atoms with E-state index in [1.165, 1.54) is 6.21 Å². The first-order valence-electron chi connectivity index (χ1n) is 6.92. The number of hydrogen-bond donors (Lipinski definition) is 1. The molecule has 0 fully saturated rings. The molecule has 1 amide bonds. The largest absolute Gasteiger partial charge is 0.271 e. The van der Waals surface area contributed by atoms with Gasteiger partial charge in [0.25, 0.3) is 5.91 Å². The van der Waals surface area contributed by atoms with Crippen molar-refractivity contribution in [3.05, 3.63) is 81.8 Å². The summed E-state index contributed by atoms with van der Waals surface area (Å²) in [5, 5.41) is 6.68. The number of nitrogens with one attached hydrogen (secondary N) is 1. The van der Waals surface area contributed by atoms with Gasteiger partial charge in [0.1, 0.15) is 0 Å². The van der Waals surface area contributed by atoms with Crippen LogP contribution in [0.25, 0.3) is 10.8 Å². The Morgan fingerprint density at radius 2 is 1.70 bits per heavy atom. The molecule has 0 bridgehead atoms. The Morgan fingerprint density at radius 3 is 2.57 bits per heavy atom. The second kappa shape index (κ2) is 6.82. The molecule has 0 aromatic heterocycles. The molecule has 114 valence electrons. The Bertz CT molecular complexity index is 901. The zero-order valence-electron chi connectivity index (χ0n) is 12.0. The van der Waals surface area contributed by atoms with Crippen LogP contribution in [0.2, 0.25) is 10.0 Å². The molecule has 0 aliphatic heterocycles. The third-order valence-electron chi connectivity index (χ3n) is 3.39.